The SMILES string of the molecule is CCNC(=NCc1cccc(OCC(N)=O)c1)NC(C)CCCC(C)C.I. The van der Waals surface area contributed by atoms with Gasteiger partial charge in [0.25, 0.3) is 5.91 Å². The van der Waals surface area contributed by atoms with Crippen LogP contribution >= 0.6 is 24.0 Å². The molecule has 1 amide bonds. The predicted molar refractivity (Wildman–Crippen MR) is 123 cm³/mol. The molecule has 0 aliphatic carbocycles. The number of nitrogens with one attached hydrogen (secondary N) is 2. The van der Waals surface area contributed by atoms with Crippen LogP contribution in [-0.4, -0.2) is 31.1 Å². The average molecular weight is 490 g/mol. The van der Waals surface area contributed by atoms with Crippen molar-refractivity contribution in [3.63, 3.8) is 0 Å². The normalized spacial score (nSPS) is 12.3. The van der Waals surface area contributed by atoms with Crippen LogP contribution in [0.3, 0.4) is 0 Å². The molecule has 1 atom stereocenters. The molecule has 1 rings (SSSR count). The van der Waals surface area contributed by atoms with Crippen molar-refractivity contribution in [2.45, 2.75) is 59.5 Å². The fourth-order valence-corrected chi connectivity index (χ4v) is 2.52. The largest absolute Gasteiger partial charge is 0.484 e. The summed E-state index contributed by atoms with van der Waals surface area (Å²) < 4.78 is 5.34. The maximum absolute atomic E-state index is 10.8. The molecule has 0 radical (unpaired) electrons. The number of aliphatic imine (C=N–C) groups is 1. The highest BCUT2D eigenvalue weighted by molar-refractivity contribution is 14.0. The van der Waals surface area contributed by atoms with Crippen LogP contribution in [0.5, 0.6) is 5.75 Å². The minimum Gasteiger partial charge on any atom is -0.484 e. The lowest BCUT2D eigenvalue weighted by atomic mass is 10.0. The van der Waals surface area contributed by atoms with Crippen molar-refractivity contribution in [2.75, 3.05) is 13.2 Å². The first-order valence-electron chi connectivity index (χ1n) is 9.45. The molecule has 0 bridgehead atoms. The summed E-state index contributed by atoms with van der Waals surface area (Å²) in [6.07, 6.45) is 3.58. The number of hydrogen-bond acceptors (Lipinski definition) is 3. The van der Waals surface area contributed by atoms with Crippen LogP contribution in [0.2, 0.25) is 0 Å². The molecule has 0 aliphatic heterocycles. The highest BCUT2D eigenvalue weighted by atomic mass is 127. The van der Waals surface area contributed by atoms with Crippen LogP contribution in [0.15, 0.2) is 29.3 Å². The highest BCUT2D eigenvalue weighted by Crippen LogP contribution is 2.14. The van der Waals surface area contributed by atoms with Crippen LogP contribution in [0.25, 0.3) is 0 Å². The Kier molecular flexibility index (Phi) is 13.7. The third kappa shape index (κ3) is 12.5. The van der Waals surface area contributed by atoms with E-state index in [1.165, 1.54) is 12.8 Å². The van der Waals surface area contributed by atoms with E-state index in [0.717, 1.165) is 30.4 Å². The van der Waals surface area contributed by atoms with Gasteiger partial charge in [-0.3, -0.25) is 4.79 Å². The first-order chi connectivity index (χ1) is 12.4. The molecule has 0 saturated carbocycles. The van der Waals surface area contributed by atoms with Crippen LogP contribution in [0.1, 0.15) is 52.5 Å². The molecule has 0 aromatic heterocycles. The Morgan fingerprint density at radius 2 is 2.00 bits per heavy atom. The van der Waals surface area contributed by atoms with Crippen LogP contribution in [-0.2, 0) is 11.3 Å². The molecule has 27 heavy (non-hydrogen) atoms. The zero-order valence-corrected chi connectivity index (χ0v) is 19.3. The average Bonchev–Trinajstić information content (AvgIpc) is 2.58. The van der Waals surface area contributed by atoms with Gasteiger partial charge < -0.3 is 21.1 Å². The zero-order valence-electron chi connectivity index (χ0n) is 17.0. The lowest BCUT2D eigenvalue weighted by Gasteiger charge is -2.18. The van der Waals surface area contributed by atoms with Gasteiger partial charge in [0.05, 0.1) is 6.54 Å². The number of ether oxygens (including phenoxy) is 1. The molecule has 1 aromatic carbocycles. The topological polar surface area (TPSA) is 88.7 Å². The molecule has 0 fully saturated rings. The van der Waals surface area contributed by atoms with Crippen molar-refractivity contribution >= 4 is 35.8 Å². The number of carbonyl (C=O) groups excluding carboxylic acids is 1. The van der Waals surface area contributed by atoms with E-state index >= 15 is 0 Å². The van der Waals surface area contributed by atoms with Gasteiger partial charge in [-0.1, -0.05) is 38.8 Å². The molecular weight excluding hydrogens is 455 g/mol. The van der Waals surface area contributed by atoms with Gasteiger partial charge in [0.2, 0.25) is 0 Å². The molecule has 0 saturated heterocycles. The number of carbonyl (C=O) groups is 1. The maximum atomic E-state index is 10.8. The summed E-state index contributed by atoms with van der Waals surface area (Å²) in [5.74, 6) is 1.69. The van der Waals surface area contributed by atoms with E-state index in [1.54, 1.807) is 6.07 Å². The molecular formula is C20H35IN4O2. The number of nitrogens with two attached hydrogens (primary N) is 1. The second kappa shape index (κ2) is 14.5. The molecule has 0 spiro atoms. The third-order valence-electron chi connectivity index (χ3n) is 3.85. The minimum absolute atomic E-state index is 0. The lowest BCUT2D eigenvalue weighted by molar-refractivity contribution is -0.119. The first kappa shape index (κ1) is 25.5. The van der Waals surface area contributed by atoms with Crippen molar-refractivity contribution in [1.29, 1.82) is 0 Å². The van der Waals surface area contributed by atoms with Gasteiger partial charge in [0.15, 0.2) is 12.6 Å². The van der Waals surface area contributed by atoms with E-state index in [2.05, 4.69) is 43.3 Å². The highest BCUT2D eigenvalue weighted by Gasteiger charge is 2.06. The Morgan fingerprint density at radius 3 is 2.63 bits per heavy atom. The van der Waals surface area contributed by atoms with E-state index in [0.29, 0.717) is 18.3 Å². The van der Waals surface area contributed by atoms with Gasteiger partial charge in [-0.2, -0.15) is 0 Å². The van der Waals surface area contributed by atoms with E-state index in [1.807, 2.05) is 18.2 Å². The van der Waals surface area contributed by atoms with Gasteiger partial charge in [0.1, 0.15) is 5.75 Å². The van der Waals surface area contributed by atoms with E-state index in [9.17, 15) is 4.79 Å². The van der Waals surface area contributed by atoms with E-state index < -0.39 is 5.91 Å². The predicted octanol–water partition coefficient (Wildman–Crippen LogP) is 3.44. The summed E-state index contributed by atoms with van der Waals surface area (Å²) >= 11 is 0. The second-order valence-corrected chi connectivity index (χ2v) is 6.97. The number of primary amides is 1. The molecule has 1 unspecified atom stereocenters. The number of benzene rings is 1. The minimum atomic E-state index is -0.487. The summed E-state index contributed by atoms with van der Waals surface area (Å²) in [5.41, 5.74) is 6.12. The molecule has 154 valence electrons. The van der Waals surface area contributed by atoms with E-state index in [-0.39, 0.29) is 30.6 Å². The molecule has 0 heterocycles. The number of rotatable bonds is 11. The third-order valence-corrected chi connectivity index (χ3v) is 3.85. The van der Waals surface area contributed by atoms with Crippen LogP contribution < -0.4 is 21.1 Å². The Bertz CT molecular complexity index is 579. The summed E-state index contributed by atoms with van der Waals surface area (Å²) in [7, 11) is 0. The Hall–Kier alpha value is -1.51. The fraction of sp³-hybridized carbons (Fsp3) is 0.600. The monoisotopic (exact) mass is 490 g/mol. The number of halogens is 1. The first-order valence-corrected chi connectivity index (χ1v) is 9.45. The van der Waals surface area contributed by atoms with Crippen molar-refractivity contribution < 1.29 is 9.53 Å². The summed E-state index contributed by atoms with van der Waals surface area (Å²) in [6, 6.07) is 7.92. The van der Waals surface area contributed by atoms with Gasteiger partial charge in [0, 0.05) is 12.6 Å². The fourth-order valence-electron chi connectivity index (χ4n) is 2.52. The molecule has 6 nitrogen and oxygen atoms in total. The Balaban J connectivity index is 0.00000676. The molecule has 1 aromatic rings. The lowest BCUT2D eigenvalue weighted by Crippen LogP contribution is -2.42. The van der Waals surface area contributed by atoms with Crippen molar-refractivity contribution in [1.82, 2.24) is 10.6 Å². The van der Waals surface area contributed by atoms with Gasteiger partial charge in [-0.05, 0) is 43.9 Å². The number of nitrogens with zero attached hydrogens (tertiary/aromatic N) is 1. The van der Waals surface area contributed by atoms with Gasteiger partial charge >= 0.3 is 0 Å². The van der Waals surface area contributed by atoms with Crippen molar-refractivity contribution in [2.24, 2.45) is 16.6 Å². The van der Waals surface area contributed by atoms with Gasteiger partial charge in [-0.15, -0.1) is 24.0 Å². The quantitative estimate of drug-likeness (QED) is 0.252. The van der Waals surface area contributed by atoms with E-state index in [4.69, 9.17) is 10.5 Å². The summed E-state index contributed by atoms with van der Waals surface area (Å²) in [4.78, 5) is 15.5. The second-order valence-electron chi connectivity index (χ2n) is 6.97. The van der Waals surface area contributed by atoms with Crippen molar-refractivity contribution in [3.05, 3.63) is 29.8 Å². The molecule has 0 aliphatic rings. The Morgan fingerprint density at radius 1 is 1.26 bits per heavy atom. The smallest absolute Gasteiger partial charge is 0.255 e. The number of amides is 1. The standard InChI is InChI=1S/C20H34N4O2.HI/c1-5-22-20(24-16(4)9-6-8-15(2)3)23-13-17-10-7-11-18(12-17)26-14-19(21)25;/h7,10-12,15-16H,5-6,8-9,13-14H2,1-4H3,(H2,21,25)(H2,22,23,24);1H. The van der Waals surface area contributed by atoms with Gasteiger partial charge in [-0.25, -0.2) is 4.99 Å². The Labute approximate surface area is 180 Å². The number of guanidine groups is 1. The molecule has 4 N–H and O–H groups in total. The summed E-state index contributed by atoms with van der Waals surface area (Å²) in [5, 5.41) is 6.75. The van der Waals surface area contributed by atoms with Crippen LogP contribution in [0.4, 0.5) is 0 Å². The maximum Gasteiger partial charge on any atom is 0.255 e. The number of hydrogen-bond donors (Lipinski definition) is 3. The molecule has 7 heteroatoms. The van der Waals surface area contributed by atoms with Crippen LogP contribution in [0, 0.1) is 5.92 Å². The van der Waals surface area contributed by atoms with Crippen molar-refractivity contribution in [3.8, 4) is 5.75 Å². The zero-order chi connectivity index (χ0) is 19.4. The summed E-state index contributed by atoms with van der Waals surface area (Å²) in [6.45, 7) is 9.97.